The molecule has 0 aliphatic carbocycles. The largest absolute Gasteiger partial charge is 0.454 e. The van der Waals surface area contributed by atoms with E-state index >= 15 is 0 Å². The predicted octanol–water partition coefficient (Wildman–Crippen LogP) is 1.39. The molecule has 0 bridgehead atoms. The molecule has 0 spiro atoms. The molecule has 0 saturated carbocycles. The predicted molar refractivity (Wildman–Crippen MR) is 73.0 cm³/mol. The number of nitrogens with one attached hydrogen (secondary N) is 1. The normalized spacial score (nSPS) is 11.4. The number of ether oxygens (including phenoxy) is 1. The van der Waals surface area contributed by atoms with Crippen LogP contribution in [-0.4, -0.2) is 26.6 Å². The van der Waals surface area contributed by atoms with Gasteiger partial charge < -0.3 is 9.26 Å². The lowest BCUT2D eigenvalue weighted by atomic mass is 10.2. The fourth-order valence-corrected chi connectivity index (χ4v) is 2.40. The highest BCUT2D eigenvalue weighted by Gasteiger charge is 2.19. The van der Waals surface area contributed by atoms with Crippen molar-refractivity contribution in [3.8, 4) is 0 Å². The van der Waals surface area contributed by atoms with Gasteiger partial charge in [0.05, 0.1) is 16.2 Å². The van der Waals surface area contributed by atoms with Crippen molar-refractivity contribution in [2.45, 2.75) is 18.4 Å². The number of carbonyl (C=O) groups is 1. The third-order valence-electron chi connectivity index (χ3n) is 2.76. The second-order valence-corrected chi connectivity index (χ2v) is 6.25. The Labute approximate surface area is 126 Å². The van der Waals surface area contributed by atoms with Gasteiger partial charge in [-0.05, 0) is 32.2 Å². The molecule has 0 unspecified atom stereocenters. The Balaban J connectivity index is 2.20. The highest BCUT2D eigenvalue weighted by molar-refractivity contribution is 7.89. The number of benzene rings is 1. The van der Waals surface area contributed by atoms with Crippen molar-refractivity contribution in [2.75, 3.05) is 7.05 Å². The number of hydrogen-bond donors (Lipinski definition) is 1. The van der Waals surface area contributed by atoms with E-state index in [-0.39, 0.29) is 11.5 Å². The number of sulfonamides is 1. The molecule has 7 nitrogen and oxygen atoms in total. The lowest BCUT2D eigenvalue weighted by molar-refractivity contribution is 0.0431. The summed E-state index contributed by atoms with van der Waals surface area (Å²) in [7, 11) is -2.58. The fraction of sp³-hybridized carbons (Fsp3) is 0.231. The molecule has 0 aliphatic rings. The maximum atomic E-state index is 13.7. The maximum Gasteiger partial charge on any atom is 0.341 e. The summed E-state index contributed by atoms with van der Waals surface area (Å²) < 4.78 is 48.8. The number of hydrogen-bond acceptors (Lipinski definition) is 6. The summed E-state index contributed by atoms with van der Waals surface area (Å²) in [5.74, 6) is -1.58. The Morgan fingerprint density at radius 2 is 2.14 bits per heavy atom. The number of halogens is 1. The summed E-state index contributed by atoms with van der Waals surface area (Å²) in [6.07, 6.45) is 0. The van der Waals surface area contributed by atoms with Crippen LogP contribution in [0.15, 0.2) is 33.7 Å². The van der Waals surface area contributed by atoms with E-state index in [2.05, 4.69) is 9.88 Å². The molecular formula is C13H13FN2O5S. The van der Waals surface area contributed by atoms with E-state index in [0.717, 1.165) is 18.2 Å². The zero-order valence-electron chi connectivity index (χ0n) is 11.8. The molecule has 0 saturated heterocycles. The van der Waals surface area contributed by atoms with Crippen LogP contribution in [0, 0.1) is 12.7 Å². The Bertz CT molecular complexity index is 801. The van der Waals surface area contributed by atoms with E-state index in [9.17, 15) is 17.6 Å². The van der Waals surface area contributed by atoms with Crippen molar-refractivity contribution >= 4 is 16.0 Å². The summed E-state index contributed by atoms with van der Waals surface area (Å²) in [5.41, 5.74) is 0.131. The van der Waals surface area contributed by atoms with Gasteiger partial charge >= 0.3 is 5.97 Å². The Morgan fingerprint density at radius 3 is 2.73 bits per heavy atom. The van der Waals surface area contributed by atoms with Crippen LogP contribution in [0.4, 0.5) is 4.39 Å². The van der Waals surface area contributed by atoms with Crippen LogP contribution < -0.4 is 4.72 Å². The number of nitrogens with zero attached hydrogens (tertiary/aromatic N) is 1. The Hall–Kier alpha value is -2.26. The van der Waals surface area contributed by atoms with Crippen molar-refractivity contribution in [3.05, 3.63) is 47.1 Å². The highest BCUT2D eigenvalue weighted by atomic mass is 32.2. The van der Waals surface area contributed by atoms with Crippen molar-refractivity contribution in [1.29, 1.82) is 0 Å². The van der Waals surface area contributed by atoms with Gasteiger partial charge in [0.2, 0.25) is 10.0 Å². The van der Waals surface area contributed by atoms with Crippen LogP contribution in [0.5, 0.6) is 0 Å². The van der Waals surface area contributed by atoms with Gasteiger partial charge in [0.15, 0.2) is 12.4 Å². The molecule has 0 radical (unpaired) electrons. The van der Waals surface area contributed by atoms with Crippen molar-refractivity contribution in [1.82, 2.24) is 9.88 Å². The summed E-state index contributed by atoms with van der Waals surface area (Å²) >= 11 is 0. The topological polar surface area (TPSA) is 98.5 Å². The average molecular weight is 328 g/mol. The van der Waals surface area contributed by atoms with Gasteiger partial charge in [-0.1, -0.05) is 5.16 Å². The number of esters is 1. The lowest BCUT2D eigenvalue weighted by Gasteiger charge is -2.07. The van der Waals surface area contributed by atoms with Crippen LogP contribution in [-0.2, 0) is 21.4 Å². The van der Waals surface area contributed by atoms with E-state index in [1.807, 2.05) is 0 Å². The minimum atomic E-state index is -3.79. The molecule has 1 aromatic heterocycles. The quantitative estimate of drug-likeness (QED) is 0.833. The van der Waals surface area contributed by atoms with Crippen molar-refractivity contribution in [3.63, 3.8) is 0 Å². The molecular weight excluding hydrogens is 315 g/mol. The van der Waals surface area contributed by atoms with Crippen molar-refractivity contribution < 1.29 is 26.9 Å². The van der Waals surface area contributed by atoms with Crippen LogP contribution in [0.2, 0.25) is 0 Å². The zero-order chi connectivity index (χ0) is 16.3. The van der Waals surface area contributed by atoms with Gasteiger partial charge in [-0.25, -0.2) is 22.3 Å². The van der Waals surface area contributed by atoms with Crippen LogP contribution in [0.3, 0.4) is 0 Å². The van der Waals surface area contributed by atoms with Gasteiger partial charge in [0.1, 0.15) is 5.82 Å². The first kappa shape index (κ1) is 16.1. The Morgan fingerprint density at radius 1 is 1.41 bits per heavy atom. The number of rotatable bonds is 5. The molecule has 1 N–H and O–H groups in total. The molecule has 1 heterocycles. The second-order valence-electron chi connectivity index (χ2n) is 4.36. The molecule has 0 atom stereocenters. The van der Waals surface area contributed by atoms with E-state index < -0.39 is 27.4 Å². The molecule has 118 valence electrons. The second kappa shape index (κ2) is 6.24. The van der Waals surface area contributed by atoms with Crippen LogP contribution in [0.1, 0.15) is 21.8 Å². The van der Waals surface area contributed by atoms with Gasteiger partial charge in [-0.2, -0.15) is 0 Å². The molecule has 0 fully saturated rings. The number of aromatic nitrogens is 1. The molecule has 2 aromatic rings. The smallest absolute Gasteiger partial charge is 0.341 e. The minimum Gasteiger partial charge on any atom is -0.454 e. The minimum absolute atomic E-state index is 0.234. The maximum absolute atomic E-state index is 13.7. The third kappa shape index (κ3) is 3.49. The SMILES string of the molecule is CNS(=O)(=O)c1ccc(F)c(C(=O)OCc2cc(C)no2)c1. The molecule has 22 heavy (non-hydrogen) atoms. The first-order chi connectivity index (χ1) is 10.3. The van der Waals surface area contributed by atoms with Gasteiger partial charge in [-0.15, -0.1) is 0 Å². The van der Waals surface area contributed by atoms with Crippen molar-refractivity contribution in [2.24, 2.45) is 0 Å². The van der Waals surface area contributed by atoms with E-state index in [4.69, 9.17) is 9.26 Å². The monoisotopic (exact) mass is 328 g/mol. The fourth-order valence-electron chi connectivity index (χ4n) is 1.64. The number of carbonyl (C=O) groups excluding carboxylic acids is 1. The van der Waals surface area contributed by atoms with E-state index in [0.29, 0.717) is 11.5 Å². The van der Waals surface area contributed by atoms with Gasteiger partial charge in [-0.3, -0.25) is 0 Å². The third-order valence-corrected chi connectivity index (χ3v) is 4.17. The summed E-state index contributed by atoms with van der Waals surface area (Å²) in [6.45, 7) is 1.46. The summed E-state index contributed by atoms with van der Waals surface area (Å²) in [4.78, 5) is 11.6. The molecule has 9 heteroatoms. The molecule has 2 rings (SSSR count). The standard InChI is InChI=1S/C13H13FN2O5S/c1-8-5-9(21-16-8)7-20-13(17)11-6-10(3-4-12(11)14)22(18,19)15-2/h3-6,15H,7H2,1-2H3. The number of aryl methyl sites for hydroxylation is 1. The lowest BCUT2D eigenvalue weighted by Crippen LogP contribution is -2.19. The Kier molecular flexibility index (Phi) is 4.57. The van der Waals surface area contributed by atoms with E-state index in [1.54, 1.807) is 13.0 Å². The zero-order valence-corrected chi connectivity index (χ0v) is 12.6. The van der Waals surface area contributed by atoms with Gasteiger partial charge in [0, 0.05) is 6.07 Å². The summed E-state index contributed by atoms with van der Waals surface area (Å²) in [6, 6.07) is 4.41. The molecule has 1 aromatic carbocycles. The molecule has 0 amide bonds. The van der Waals surface area contributed by atoms with Crippen LogP contribution in [0.25, 0.3) is 0 Å². The van der Waals surface area contributed by atoms with Crippen LogP contribution >= 0.6 is 0 Å². The summed E-state index contributed by atoms with van der Waals surface area (Å²) in [5, 5.41) is 3.61. The first-order valence-corrected chi connectivity index (χ1v) is 7.64. The highest BCUT2D eigenvalue weighted by Crippen LogP contribution is 2.16. The first-order valence-electron chi connectivity index (χ1n) is 6.16. The van der Waals surface area contributed by atoms with Gasteiger partial charge in [0.25, 0.3) is 0 Å². The van der Waals surface area contributed by atoms with E-state index in [1.165, 1.54) is 7.05 Å². The average Bonchev–Trinajstić information content (AvgIpc) is 2.90. The molecule has 0 aliphatic heterocycles.